The van der Waals surface area contributed by atoms with Crippen LogP contribution < -0.4 is 4.74 Å². The fourth-order valence-corrected chi connectivity index (χ4v) is 2.34. The summed E-state index contributed by atoms with van der Waals surface area (Å²) in [5, 5.41) is 4.59. The molecule has 2 heterocycles. The molecule has 0 atom stereocenters. The lowest BCUT2D eigenvalue weighted by Crippen LogP contribution is -2.11. The summed E-state index contributed by atoms with van der Waals surface area (Å²) >= 11 is 3.48. The molecule has 4 nitrogen and oxygen atoms in total. The Hall–Kier alpha value is -1.88. The molecule has 0 saturated heterocycles. The Balaban J connectivity index is 2.07. The molecule has 2 aromatic heterocycles. The van der Waals surface area contributed by atoms with Gasteiger partial charge in [0.15, 0.2) is 0 Å². The normalized spacial score (nSPS) is 11.8. The van der Waals surface area contributed by atoms with Crippen molar-refractivity contribution >= 4 is 21.4 Å². The Labute approximate surface area is 131 Å². The molecule has 0 N–H and O–H groups in total. The number of benzene rings is 1. The van der Waals surface area contributed by atoms with E-state index in [0.29, 0.717) is 5.88 Å². The number of hydrogen-bond acceptors (Lipinski definition) is 3. The molecular weight excluding hydrogens is 330 g/mol. The molecule has 0 radical (unpaired) electrons. The van der Waals surface area contributed by atoms with Gasteiger partial charge in [0, 0.05) is 17.8 Å². The summed E-state index contributed by atoms with van der Waals surface area (Å²) in [4.78, 5) is 4.33. The lowest BCUT2D eigenvalue weighted by atomic mass is 9.92. The summed E-state index contributed by atoms with van der Waals surface area (Å²) in [6, 6.07) is 9.74. The van der Waals surface area contributed by atoms with Crippen molar-refractivity contribution < 1.29 is 4.74 Å². The Kier molecular flexibility index (Phi) is 3.45. The summed E-state index contributed by atoms with van der Waals surface area (Å²) in [6.07, 6.45) is 3.52. The molecule has 0 aliphatic carbocycles. The first-order chi connectivity index (χ1) is 9.95. The van der Waals surface area contributed by atoms with E-state index >= 15 is 0 Å². The molecule has 0 amide bonds. The number of nitrogens with zero attached hydrogens (tertiary/aromatic N) is 3. The highest BCUT2D eigenvalue weighted by molar-refractivity contribution is 9.10. The Bertz CT molecular complexity index is 790. The van der Waals surface area contributed by atoms with E-state index in [1.54, 1.807) is 10.7 Å². The standard InChI is InChI=1S/C16H16BrN3O/c1-16(2,3)14-10-12-15(18-8-9-20(12)19-14)21-13-7-5-4-6-11(13)17/h4-10H,1-3H3. The van der Waals surface area contributed by atoms with E-state index in [0.717, 1.165) is 21.4 Å². The molecular formula is C16H16BrN3O. The maximum Gasteiger partial charge on any atom is 0.245 e. The van der Waals surface area contributed by atoms with Gasteiger partial charge in [-0.1, -0.05) is 32.9 Å². The monoisotopic (exact) mass is 345 g/mol. The number of aromatic nitrogens is 3. The van der Waals surface area contributed by atoms with Crippen LogP contribution in [0, 0.1) is 0 Å². The first-order valence-corrected chi connectivity index (χ1v) is 7.52. The first kappa shape index (κ1) is 14.1. The van der Waals surface area contributed by atoms with Crippen LogP contribution in [-0.4, -0.2) is 14.6 Å². The number of hydrogen-bond donors (Lipinski definition) is 0. The number of halogens is 1. The van der Waals surface area contributed by atoms with E-state index in [1.807, 2.05) is 36.5 Å². The van der Waals surface area contributed by atoms with E-state index in [2.05, 4.69) is 46.8 Å². The van der Waals surface area contributed by atoms with Crippen molar-refractivity contribution in [1.29, 1.82) is 0 Å². The molecule has 0 aliphatic rings. The third-order valence-electron chi connectivity index (χ3n) is 3.17. The topological polar surface area (TPSA) is 39.4 Å². The molecule has 108 valence electrons. The number of rotatable bonds is 2. The van der Waals surface area contributed by atoms with Crippen LogP contribution in [0.25, 0.3) is 5.52 Å². The quantitative estimate of drug-likeness (QED) is 0.682. The molecule has 3 rings (SSSR count). The van der Waals surface area contributed by atoms with Gasteiger partial charge < -0.3 is 4.74 Å². The van der Waals surface area contributed by atoms with E-state index < -0.39 is 0 Å². The minimum atomic E-state index is -0.0172. The predicted octanol–water partition coefficient (Wildman–Crippen LogP) is 4.58. The van der Waals surface area contributed by atoms with Crippen molar-refractivity contribution in [2.24, 2.45) is 0 Å². The second kappa shape index (κ2) is 5.15. The molecule has 0 fully saturated rings. The van der Waals surface area contributed by atoms with Crippen molar-refractivity contribution in [3.8, 4) is 11.6 Å². The first-order valence-electron chi connectivity index (χ1n) is 6.72. The van der Waals surface area contributed by atoms with Crippen molar-refractivity contribution in [3.05, 3.63) is 52.9 Å². The summed E-state index contributed by atoms with van der Waals surface area (Å²) in [5.74, 6) is 1.28. The molecule has 0 aliphatic heterocycles. The van der Waals surface area contributed by atoms with Crippen LogP contribution in [0.15, 0.2) is 47.2 Å². The van der Waals surface area contributed by atoms with E-state index in [9.17, 15) is 0 Å². The lowest BCUT2D eigenvalue weighted by molar-refractivity contribution is 0.462. The predicted molar refractivity (Wildman–Crippen MR) is 85.9 cm³/mol. The second-order valence-corrected chi connectivity index (χ2v) is 6.73. The number of fused-ring (bicyclic) bond motifs is 1. The maximum atomic E-state index is 5.93. The summed E-state index contributed by atoms with van der Waals surface area (Å²) < 4.78 is 8.63. The molecule has 3 aromatic rings. The Morgan fingerprint density at radius 1 is 1.19 bits per heavy atom. The van der Waals surface area contributed by atoms with Gasteiger partial charge in [0.05, 0.1) is 10.2 Å². The molecule has 21 heavy (non-hydrogen) atoms. The molecule has 0 unspecified atom stereocenters. The Morgan fingerprint density at radius 3 is 2.67 bits per heavy atom. The highest BCUT2D eigenvalue weighted by Crippen LogP contribution is 2.31. The zero-order valence-corrected chi connectivity index (χ0v) is 13.8. The van der Waals surface area contributed by atoms with Crippen LogP contribution in [0.2, 0.25) is 0 Å². The fourth-order valence-electron chi connectivity index (χ4n) is 1.97. The van der Waals surface area contributed by atoms with Crippen LogP contribution in [-0.2, 0) is 5.41 Å². The van der Waals surface area contributed by atoms with Gasteiger partial charge in [-0.05, 0) is 34.1 Å². The molecule has 0 saturated carbocycles. The third-order valence-corrected chi connectivity index (χ3v) is 3.82. The van der Waals surface area contributed by atoms with Gasteiger partial charge >= 0.3 is 0 Å². The van der Waals surface area contributed by atoms with Crippen molar-refractivity contribution in [3.63, 3.8) is 0 Å². The smallest absolute Gasteiger partial charge is 0.245 e. The molecule has 5 heteroatoms. The molecule has 1 aromatic carbocycles. The zero-order valence-electron chi connectivity index (χ0n) is 12.2. The van der Waals surface area contributed by atoms with Crippen molar-refractivity contribution in [2.45, 2.75) is 26.2 Å². The maximum absolute atomic E-state index is 5.93. The minimum Gasteiger partial charge on any atom is -0.436 e. The third kappa shape index (κ3) is 2.78. The van der Waals surface area contributed by atoms with Gasteiger partial charge in [-0.25, -0.2) is 9.50 Å². The average Bonchev–Trinajstić information content (AvgIpc) is 2.86. The van der Waals surface area contributed by atoms with Gasteiger partial charge in [0.2, 0.25) is 5.88 Å². The summed E-state index contributed by atoms with van der Waals surface area (Å²) in [5.41, 5.74) is 1.85. The number of ether oxygens (including phenoxy) is 1. The molecule has 0 bridgehead atoms. The summed E-state index contributed by atoms with van der Waals surface area (Å²) in [6.45, 7) is 6.41. The summed E-state index contributed by atoms with van der Waals surface area (Å²) in [7, 11) is 0. The number of para-hydroxylation sites is 1. The van der Waals surface area contributed by atoms with Gasteiger partial charge in [-0.3, -0.25) is 0 Å². The Morgan fingerprint density at radius 2 is 1.95 bits per heavy atom. The van der Waals surface area contributed by atoms with Crippen molar-refractivity contribution in [1.82, 2.24) is 14.6 Å². The average molecular weight is 346 g/mol. The van der Waals surface area contributed by atoms with Crippen LogP contribution in [0.3, 0.4) is 0 Å². The van der Waals surface area contributed by atoms with Crippen LogP contribution in [0.1, 0.15) is 26.5 Å². The van der Waals surface area contributed by atoms with E-state index in [4.69, 9.17) is 4.74 Å². The van der Waals surface area contributed by atoms with E-state index in [1.165, 1.54) is 0 Å². The van der Waals surface area contributed by atoms with Gasteiger partial charge in [-0.15, -0.1) is 0 Å². The van der Waals surface area contributed by atoms with Crippen LogP contribution >= 0.6 is 15.9 Å². The minimum absolute atomic E-state index is 0.0172. The van der Waals surface area contributed by atoms with Gasteiger partial charge in [0.25, 0.3) is 0 Å². The second-order valence-electron chi connectivity index (χ2n) is 5.87. The van der Waals surface area contributed by atoms with E-state index in [-0.39, 0.29) is 5.41 Å². The largest absolute Gasteiger partial charge is 0.436 e. The molecule has 0 spiro atoms. The SMILES string of the molecule is CC(C)(C)c1cc2c(Oc3ccccc3Br)nccn2n1. The van der Waals surface area contributed by atoms with Crippen molar-refractivity contribution in [2.75, 3.05) is 0 Å². The van der Waals surface area contributed by atoms with Gasteiger partial charge in [-0.2, -0.15) is 5.10 Å². The fraction of sp³-hybridized carbons (Fsp3) is 0.250. The highest BCUT2D eigenvalue weighted by atomic mass is 79.9. The highest BCUT2D eigenvalue weighted by Gasteiger charge is 2.19. The zero-order chi connectivity index (χ0) is 15.0. The lowest BCUT2D eigenvalue weighted by Gasteiger charge is -2.13. The van der Waals surface area contributed by atoms with Crippen LogP contribution in [0.5, 0.6) is 11.6 Å². The van der Waals surface area contributed by atoms with Crippen LogP contribution in [0.4, 0.5) is 0 Å². The van der Waals surface area contributed by atoms with Gasteiger partial charge in [0.1, 0.15) is 11.3 Å².